The summed E-state index contributed by atoms with van der Waals surface area (Å²) in [4.78, 5) is 12.6. The van der Waals surface area contributed by atoms with E-state index in [-0.39, 0.29) is 4.21 Å². The Morgan fingerprint density at radius 2 is 1.92 bits per heavy atom. The van der Waals surface area contributed by atoms with Gasteiger partial charge in [0.25, 0.3) is 10.0 Å². The minimum atomic E-state index is -3.73. The third kappa shape index (κ3) is 3.97. The second-order valence-electron chi connectivity index (χ2n) is 5.75. The minimum Gasteiger partial charge on any atom is -0.495 e. The summed E-state index contributed by atoms with van der Waals surface area (Å²) in [6, 6.07) is 6.72. The van der Waals surface area contributed by atoms with E-state index in [1.165, 1.54) is 18.1 Å². The van der Waals surface area contributed by atoms with Crippen molar-refractivity contribution >= 4 is 49.1 Å². The molecule has 0 bridgehead atoms. The molecule has 0 unspecified atom stereocenters. The van der Waals surface area contributed by atoms with E-state index in [9.17, 15) is 18.3 Å². The highest BCUT2D eigenvalue weighted by Gasteiger charge is 2.23. The molecule has 0 aliphatic carbocycles. The van der Waals surface area contributed by atoms with E-state index < -0.39 is 16.1 Å². The molecule has 2 N–H and O–H groups in total. The number of hydrogen-bond donors (Lipinski definition) is 2. The molecule has 0 saturated heterocycles. The zero-order valence-corrected chi connectivity index (χ0v) is 17.1. The van der Waals surface area contributed by atoms with Crippen LogP contribution in [0.2, 0.25) is 0 Å². The molecule has 1 aromatic heterocycles. The van der Waals surface area contributed by atoms with Crippen molar-refractivity contribution in [2.24, 2.45) is 0 Å². The van der Waals surface area contributed by atoms with Gasteiger partial charge >= 0.3 is 6.09 Å². The molecule has 0 atom stereocenters. The fourth-order valence-corrected chi connectivity index (χ4v) is 5.90. The molecule has 1 amide bonds. The molecule has 0 radical (unpaired) electrons. The molecule has 2 heterocycles. The number of halogens is 1. The average molecular weight is 461 g/mol. The largest absolute Gasteiger partial charge is 0.495 e. The molecule has 26 heavy (non-hydrogen) atoms. The molecule has 2 aromatic rings. The standard InChI is InChI=1S/C16H17BrN2O5S2/c1-24-13-9-11-5-7-19(16(20)21)6-4-10(11)8-12(13)18-26(22,23)15-3-2-14(17)25-15/h2-3,8-9,18H,4-7H2,1H3,(H,20,21). The van der Waals surface area contributed by atoms with Crippen molar-refractivity contribution in [2.75, 3.05) is 24.9 Å². The van der Waals surface area contributed by atoms with Crippen molar-refractivity contribution in [1.82, 2.24) is 4.90 Å². The summed E-state index contributed by atoms with van der Waals surface area (Å²) in [6.45, 7) is 0.776. The van der Waals surface area contributed by atoms with Gasteiger partial charge in [-0.2, -0.15) is 0 Å². The predicted octanol–water partition coefficient (Wildman–Crippen LogP) is 3.40. The Hall–Kier alpha value is -1.78. The lowest BCUT2D eigenvalue weighted by Crippen LogP contribution is -2.31. The van der Waals surface area contributed by atoms with Gasteiger partial charge < -0.3 is 14.7 Å². The van der Waals surface area contributed by atoms with Crippen LogP contribution in [0.3, 0.4) is 0 Å². The number of rotatable bonds is 4. The number of fused-ring (bicyclic) bond motifs is 1. The highest BCUT2D eigenvalue weighted by Crippen LogP contribution is 2.34. The lowest BCUT2D eigenvalue weighted by Gasteiger charge is -2.15. The first-order valence-electron chi connectivity index (χ1n) is 7.76. The summed E-state index contributed by atoms with van der Waals surface area (Å²) in [6.07, 6.45) is 0.127. The van der Waals surface area contributed by atoms with Crippen LogP contribution in [-0.4, -0.2) is 44.7 Å². The number of carboxylic acid groups (broad SMARTS) is 1. The molecule has 140 valence electrons. The molecule has 1 aromatic carbocycles. The van der Waals surface area contributed by atoms with Crippen LogP contribution in [0.25, 0.3) is 0 Å². The lowest BCUT2D eigenvalue weighted by atomic mass is 10.0. The third-order valence-electron chi connectivity index (χ3n) is 4.15. The van der Waals surface area contributed by atoms with Gasteiger partial charge in [-0.25, -0.2) is 13.2 Å². The highest BCUT2D eigenvalue weighted by atomic mass is 79.9. The zero-order chi connectivity index (χ0) is 18.9. The van der Waals surface area contributed by atoms with Gasteiger partial charge in [0.05, 0.1) is 16.6 Å². The van der Waals surface area contributed by atoms with Crippen LogP contribution in [0.5, 0.6) is 5.75 Å². The number of sulfonamides is 1. The number of nitrogens with zero attached hydrogens (tertiary/aromatic N) is 1. The number of thiophene rings is 1. The highest BCUT2D eigenvalue weighted by molar-refractivity contribution is 9.11. The molecule has 0 fully saturated rings. The maximum Gasteiger partial charge on any atom is 0.407 e. The normalized spacial score (nSPS) is 14.5. The number of methoxy groups -OCH3 is 1. The van der Waals surface area contributed by atoms with E-state index in [0.29, 0.717) is 37.4 Å². The smallest absolute Gasteiger partial charge is 0.407 e. The predicted molar refractivity (Wildman–Crippen MR) is 103 cm³/mol. The van der Waals surface area contributed by atoms with Crippen molar-refractivity contribution in [1.29, 1.82) is 0 Å². The van der Waals surface area contributed by atoms with E-state index >= 15 is 0 Å². The van der Waals surface area contributed by atoms with Gasteiger partial charge in [0.1, 0.15) is 9.96 Å². The number of anilines is 1. The summed E-state index contributed by atoms with van der Waals surface area (Å²) in [5.41, 5.74) is 2.23. The second-order valence-corrected chi connectivity index (χ2v) is 10.1. The quantitative estimate of drug-likeness (QED) is 0.728. The molecule has 1 aliphatic heterocycles. The number of amides is 1. The molecule has 0 spiro atoms. The lowest BCUT2D eigenvalue weighted by molar-refractivity contribution is 0.147. The van der Waals surface area contributed by atoms with Crippen LogP contribution in [-0.2, 0) is 22.9 Å². The number of carbonyl (C=O) groups is 1. The molecular weight excluding hydrogens is 444 g/mol. The van der Waals surface area contributed by atoms with Crippen LogP contribution < -0.4 is 9.46 Å². The number of nitrogens with one attached hydrogen (secondary N) is 1. The third-order valence-corrected chi connectivity index (χ3v) is 7.63. The first-order chi connectivity index (χ1) is 12.3. The van der Waals surface area contributed by atoms with Gasteiger partial charge in [0.15, 0.2) is 0 Å². The number of hydrogen-bond acceptors (Lipinski definition) is 5. The van der Waals surface area contributed by atoms with E-state index in [0.717, 1.165) is 26.3 Å². The molecule has 1 aliphatic rings. The Morgan fingerprint density at radius 3 is 2.46 bits per heavy atom. The molecule has 7 nitrogen and oxygen atoms in total. The SMILES string of the molecule is COc1cc2c(cc1NS(=O)(=O)c1ccc(Br)s1)CCN(C(=O)O)CC2. The minimum absolute atomic E-state index is 0.193. The van der Waals surface area contributed by atoms with E-state index in [1.54, 1.807) is 18.2 Å². The van der Waals surface area contributed by atoms with Crippen molar-refractivity contribution in [3.8, 4) is 5.75 Å². The summed E-state index contributed by atoms with van der Waals surface area (Å²) in [5.74, 6) is 0.409. The van der Waals surface area contributed by atoms with Crippen LogP contribution in [0.1, 0.15) is 11.1 Å². The van der Waals surface area contributed by atoms with Gasteiger partial charge in [-0.1, -0.05) is 0 Å². The Kier molecular flexibility index (Phi) is 5.44. The van der Waals surface area contributed by atoms with Crippen LogP contribution in [0, 0.1) is 0 Å². The van der Waals surface area contributed by atoms with E-state index in [4.69, 9.17) is 4.74 Å². The Bertz CT molecular complexity index is 942. The van der Waals surface area contributed by atoms with Gasteiger partial charge in [0.2, 0.25) is 0 Å². The fraction of sp³-hybridized carbons (Fsp3) is 0.312. The average Bonchev–Trinajstić information content (AvgIpc) is 2.92. The summed E-state index contributed by atoms with van der Waals surface area (Å²) >= 11 is 4.38. The summed E-state index contributed by atoms with van der Waals surface area (Å²) in [5, 5.41) is 9.19. The second kappa shape index (κ2) is 7.45. The Labute approximate surface area is 163 Å². The molecular formula is C16H17BrN2O5S2. The van der Waals surface area contributed by atoms with Crippen LogP contribution >= 0.6 is 27.3 Å². The first-order valence-corrected chi connectivity index (χ1v) is 10.9. The van der Waals surface area contributed by atoms with Crippen LogP contribution in [0.15, 0.2) is 32.3 Å². The van der Waals surface area contributed by atoms with Crippen molar-refractivity contribution < 1.29 is 23.1 Å². The zero-order valence-electron chi connectivity index (χ0n) is 13.9. The van der Waals surface area contributed by atoms with Crippen molar-refractivity contribution in [2.45, 2.75) is 17.1 Å². The summed E-state index contributed by atoms with van der Waals surface area (Å²) < 4.78 is 34.0. The molecule has 10 heteroatoms. The van der Waals surface area contributed by atoms with Gasteiger partial charge in [-0.15, -0.1) is 11.3 Å². The number of ether oxygens (including phenoxy) is 1. The van der Waals surface area contributed by atoms with E-state index in [1.807, 2.05) is 0 Å². The van der Waals surface area contributed by atoms with E-state index in [2.05, 4.69) is 20.7 Å². The molecule has 3 rings (SSSR count). The summed E-state index contributed by atoms with van der Waals surface area (Å²) in [7, 11) is -2.26. The van der Waals surface area contributed by atoms with Gasteiger partial charge in [-0.3, -0.25) is 4.72 Å². The number of benzene rings is 1. The fourth-order valence-electron chi connectivity index (χ4n) is 2.83. The first kappa shape index (κ1) is 19.0. The van der Waals surface area contributed by atoms with Crippen molar-refractivity contribution in [3.05, 3.63) is 39.2 Å². The van der Waals surface area contributed by atoms with Gasteiger partial charge in [-0.05, 0) is 64.2 Å². The van der Waals surface area contributed by atoms with Crippen molar-refractivity contribution in [3.63, 3.8) is 0 Å². The maximum absolute atomic E-state index is 12.6. The van der Waals surface area contributed by atoms with Gasteiger partial charge in [0, 0.05) is 13.1 Å². The van der Waals surface area contributed by atoms with Crippen LogP contribution in [0.4, 0.5) is 10.5 Å². The topological polar surface area (TPSA) is 95.9 Å². The monoisotopic (exact) mass is 460 g/mol. The Balaban J connectivity index is 1.93. The maximum atomic E-state index is 12.6. The Morgan fingerprint density at radius 1 is 1.27 bits per heavy atom. The molecule has 0 saturated carbocycles.